The summed E-state index contributed by atoms with van der Waals surface area (Å²) in [5.74, 6) is 0. The Labute approximate surface area is 117 Å². The minimum absolute atomic E-state index is 0.760. The van der Waals surface area contributed by atoms with Gasteiger partial charge in [0.1, 0.15) is 0 Å². The van der Waals surface area contributed by atoms with Gasteiger partial charge in [0.2, 0.25) is 0 Å². The number of nitrogens with zero attached hydrogens (tertiary/aromatic N) is 4. The first-order chi connectivity index (χ1) is 9.86. The Morgan fingerprint density at radius 3 is 3.00 bits per heavy atom. The van der Waals surface area contributed by atoms with E-state index in [9.17, 15) is 0 Å². The lowest BCUT2D eigenvalue weighted by atomic mass is 10.2. The van der Waals surface area contributed by atoms with E-state index in [1.54, 1.807) is 6.20 Å². The molecule has 3 rings (SSSR count). The van der Waals surface area contributed by atoms with Gasteiger partial charge < -0.3 is 9.88 Å². The van der Waals surface area contributed by atoms with Crippen molar-refractivity contribution in [3.8, 4) is 5.69 Å². The highest BCUT2D eigenvalue weighted by Crippen LogP contribution is 2.15. The van der Waals surface area contributed by atoms with Gasteiger partial charge in [-0.1, -0.05) is 6.07 Å². The van der Waals surface area contributed by atoms with Crippen molar-refractivity contribution in [2.24, 2.45) is 0 Å². The Hall–Kier alpha value is -2.56. The van der Waals surface area contributed by atoms with Crippen LogP contribution in [0.3, 0.4) is 0 Å². The minimum Gasteiger partial charge on any atom is -0.379 e. The molecule has 0 atom stereocenters. The van der Waals surface area contributed by atoms with E-state index in [4.69, 9.17) is 0 Å². The van der Waals surface area contributed by atoms with Gasteiger partial charge >= 0.3 is 0 Å². The molecule has 0 amide bonds. The summed E-state index contributed by atoms with van der Waals surface area (Å²) in [6.07, 6.45) is 7.47. The van der Waals surface area contributed by atoms with Crippen molar-refractivity contribution in [1.29, 1.82) is 0 Å². The number of rotatable bonds is 5. The van der Waals surface area contributed by atoms with Crippen LogP contribution in [0.4, 0.5) is 5.69 Å². The quantitative estimate of drug-likeness (QED) is 0.773. The van der Waals surface area contributed by atoms with Crippen LogP contribution >= 0.6 is 0 Å². The zero-order chi connectivity index (χ0) is 13.8. The van der Waals surface area contributed by atoms with Gasteiger partial charge in [0.05, 0.1) is 24.3 Å². The molecule has 0 saturated heterocycles. The number of anilines is 1. The molecule has 2 heterocycles. The summed E-state index contributed by atoms with van der Waals surface area (Å²) < 4.78 is 3.98. The second kappa shape index (κ2) is 5.61. The number of aromatic nitrogens is 4. The van der Waals surface area contributed by atoms with Crippen LogP contribution in [0.5, 0.6) is 0 Å². The molecule has 0 fully saturated rings. The fourth-order valence-electron chi connectivity index (χ4n) is 2.15. The molecule has 0 saturated carbocycles. The van der Waals surface area contributed by atoms with Crippen LogP contribution in [0, 0.1) is 0 Å². The third-order valence-electron chi connectivity index (χ3n) is 3.23. The monoisotopic (exact) mass is 267 g/mol. The van der Waals surface area contributed by atoms with Crippen molar-refractivity contribution in [1.82, 2.24) is 19.3 Å². The molecule has 20 heavy (non-hydrogen) atoms. The standard InChI is InChI=1S/C15H17N5/c1-2-19-12-16-10-15(19)11-17-13-5-3-6-14(9-13)20-8-4-7-18-20/h3-10,12,17H,2,11H2,1H3. The number of hydrogen-bond acceptors (Lipinski definition) is 3. The van der Waals surface area contributed by atoms with E-state index in [1.165, 1.54) is 5.69 Å². The fourth-order valence-corrected chi connectivity index (χ4v) is 2.15. The van der Waals surface area contributed by atoms with Gasteiger partial charge in [-0.25, -0.2) is 9.67 Å². The Balaban J connectivity index is 1.74. The maximum Gasteiger partial charge on any atom is 0.0948 e. The second-order valence-electron chi connectivity index (χ2n) is 4.53. The van der Waals surface area contributed by atoms with E-state index >= 15 is 0 Å². The van der Waals surface area contributed by atoms with Crippen LogP contribution in [-0.4, -0.2) is 19.3 Å². The van der Waals surface area contributed by atoms with Crippen molar-refractivity contribution in [2.75, 3.05) is 5.32 Å². The second-order valence-corrected chi connectivity index (χ2v) is 4.53. The largest absolute Gasteiger partial charge is 0.379 e. The molecule has 1 N–H and O–H groups in total. The van der Waals surface area contributed by atoms with Crippen molar-refractivity contribution in [2.45, 2.75) is 20.0 Å². The Morgan fingerprint density at radius 2 is 2.20 bits per heavy atom. The molecule has 0 aliphatic heterocycles. The molecule has 5 nitrogen and oxygen atoms in total. The number of benzene rings is 1. The molecule has 0 aliphatic rings. The van der Waals surface area contributed by atoms with Crippen LogP contribution in [0.15, 0.2) is 55.2 Å². The summed E-state index contributed by atoms with van der Waals surface area (Å²) in [4.78, 5) is 4.17. The van der Waals surface area contributed by atoms with Gasteiger partial charge in [-0.3, -0.25) is 0 Å². The zero-order valence-electron chi connectivity index (χ0n) is 11.4. The first-order valence-electron chi connectivity index (χ1n) is 6.70. The third kappa shape index (κ3) is 2.56. The van der Waals surface area contributed by atoms with E-state index in [-0.39, 0.29) is 0 Å². The summed E-state index contributed by atoms with van der Waals surface area (Å²) in [7, 11) is 0. The summed E-state index contributed by atoms with van der Waals surface area (Å²) >= 11 is 0. The molecule has 5 heteroatoms. The topological polar surface area (TPSA) is 47.7 Å². The predicted octanol–water partition coefficient (Wildman–Crippen LogP) is 2.70. The zero-order valence-corrected chi connectivity index (χ0v) is 11.4. The SMILES string of the molecule is CCn1cncc1CNc1cccc(-n2cccn2)c1. The lowest BCUT2D eigenvalue weighted by Gasteiger charge is -2.10. The number of hydrogen-bond donors (Lipinski definition) is 1. The maximum absolute atomic E-state index is 4.24. The first-order valence-corrected chi connectivity index (χ1v) is 6.70. The molecule has 0 unspecified atom stereocenters. The molecule has 2 aromatic heterocycles. The van der Waals surface area contributed by atoms with E-state index in [1.807, 2.05) is 41.6 Å². The van der Waals surface area contributed by atoms with Crippen LogP contribution in [0.1, 0.15) is 12.6 Å². The average Bonchev–Trinajstić information content (AvgIpc) is 3.16. The lowest BCUT2D eigenvalue weighted by molar-refractivity contribution is 0.719. The summed E-state index contributed by atoms with van der Waals surface area (Å²) in [5.41, 5.74) is 3.29. The number of imidazole rings is 1. The first kappa shape index (κ1) is 12.5. The van der Waals surface area contributed by atoms with E-state index in [0.717, 1.165) is 24.5 Å². The fraction of sp³-hybridized carbons (Fsp3) is 0.200. The van der Waals surface area contributed by atoms with Crippen LogP contribution in [0.25, 0.3) is 5.69 Å². The van der Waals surface area contributed by atoms with Gasteiger partial charge in [-0.2, -0.15) is 5.10 Å². The molecular weight excluding hydrogens is 250 g/mol. The maximum atomic E-state index is 4.24. The number of nitrogens with one attached hydrogen (secondary N) is 1. The van der Waals surface area contributed by atoms with Crippen LogP contribution < -0.4 is 5.32 Å². The molecular formula is C15H17N5. The van der Waals surface area contributed by atoms with Gasteiger partial charge in [-0.15, -0.1) is 0 Å². The highest BCUT2D eigenvalue weighted by atomic mass is 15.3. The molecule has 3 aromatic rings. The summed E-state index contributed by atoms with van der Waals surface area (Å²) in [5, 5.41) is 7.66. The van der Waals surface area contributed by atoms with E-state index in [2.05, 4.69) is 39.0 Å². The highest BCUT2D eigenvalue weighted by molar-refractivity contribution is 5.50. The van der Waals surface area contributed by atoms with Gasteiger partial charge in [-0.05, 0) is 31.2 Å². The minimum atomic E-state index is 0.760. The van der Waals surface area contributed by atoms with E-state index in [0.29, 0.717) is 0 Å². The van der Waals surface area contributed by atoms with Gasteiger partial charge in [0, 0.05) is 30.8 Å². The molecule has 0 radical (unpaired) electrons. The van der Waals surface area contributed by atoms with Crippen molar-refractivity contribution in [3.63, 3.8) is 0 Å². The highest BCUT2D eigenvalue weighted by Gasteiger charge is 2.01. The normalized spacial score (nSPS) is 10.7. The predicted molar refractivity (Wildman–Crippen MR) is 78.8 cm³/mol. The van der Waals surface area contributed by atoms with Crippen molar-refractivity contribution in [3.05, 3.63) is 60.9 Å². The number of aryl methyl sites for hydroxylation is 1. The van der Waals surface area contributed by atoms with Crippen molar-refractivity contribution < 1.29 is 0 Å². The van der Waals surface area contributed by atoms with E-state index < -0.39 is 0 Å². The van der Waals surface area contributed by atoms with Crippen LogP contribution in [0.2, 0.25) is 0 Å². The Bertz CT molecular complexity index is 669. The van der Waals surface area contributed by atoms with Crippen molar-refractivity contribution >= 4 is 5.69 Å². The van der Waals surface area contributed by atoms with Gasteiger partial charge in [0.15, 0.2) is 0 Å². The molecule has 0 aliphatic carbocycles. The Morgan fingerprint density at radius 1 is 1.25 bits per heavy atom. The molecule has 0 spiro atoms. The summed E-state index contributed by atoms with van der Waals surface area (Å²) in [6.45, 7) is 3.81. The lowest BCUT2D eigenvalue weighted by Crippen LogP contribution is -2.06. The molecule has 0 bridgehead atoms. The average molecular weight is 267 g/mol. The summed E-state index contributed by atoms with van der Waals surface area (Å²) in [6, 6.07) is 10.1. The third-order valence-corrected chi connectivity index (χ3v) is 3.23. The van der Waals surface area contributed by atoms with Gasteiger partial charge in [0.25, 0.3) is 0 Å². The molecule has 102 valence electrons. The Kier molecular flexibility index (Phi) is 3.50. The smallest absolute Gasteiger partial charge is 0.0948 e. The van der Waals surface area contributed by atoms with Crippen LogP contribution in [-0.2, 0) is 13.1 Å². The molecule has 1 aromatic carbocycles.